The fourth-order valence-electron chi connectivity index (χ4n) is 4.33. The molecule has 0 bridgehead atoms. The first-order valence-corrected chi connectivity index (χ1v) is 13.9. The Balaban J connectivity index is 0.00000181. The number of aromatic nitrogens is 3. The van der Waals surface area contributed by atoms with Crippen LogP contribution in [0.2, 0.25) is 0 Å². The van der Waals surface area contributed by atoms with Gasteiger partial charge in [-0.15, -0.1) is 0 Å². The van der Waals surface area contributed by atoms with E-state index in [4.69, 9.17) is 9.47 Å². The van der Waals surface area contributed by atoms with Crippen LogP contribution in [0.3, 0.4) is 0 Å². The van der Waals surface area contributed by atoms with Crippen LogP contribution in [-0.4, -0.2) is 57.4 Å². The molecule has 2 aromatic heterocycles. The van der Waals surface area contributed by atoms with E-state index in [-0.39, 0.29) is 37.0 Å². The van der Waals surface area contributed by atoms with Crippen LogP contribution in [0.5, 0.6) is 11.6 Å². The molecule has 1 aromatic carbocycles. The Hall–Kier alpha value is -3.66. The zero-order chi connectivity index (χ0) is 28.5. The average Bonchev–Trinajstić information content (AvgIpc) is 3.82. The molecule has 1 saturated heterocycles. The number of rotatable bonds is 10. The summed E-state index contributed by atoms with van der Waals surface area (Å²) >= 11 is 0. The summed E-state index contributed by atoms with van der Waals surface area (Å²) in [4.78, 5) is 27.3. The van der Waals surface area contributed by atoms with Crippen LogP contribution in [0.25, 0.3) is 0 Å². The van der Waals surface area contributed by atoms with Crippen molar-refractivity contribution in [3.05, 3.63) is 72.3 Å². The quantitative estimate of drug-likeness (QED) is 0.344. The minimum Gasteiger partial charge on any atom is -0.492 e. The first-order valence-electron chi connectivity index (χ1n) is 13.9. The lowest BCUT2D eigenvalue weighted by Gasteiger charge is -2.40. The molecule has 5 rings (SSSR count). The van der Waals surface area contributed by atoms with E-state index in [9.17, 15) is 13.6 Å². The van der Waals surface area contributed by atoms with Gasteiger partial charge in [0.05, 0.1) is 42.9 Å². The second kappa shape index (κ2) is 13.6. The topological polar surface area (TPSA) is 89.5 Å². The molecule has 2 fully saturated rings. The maximum Gasteiger partial charge on any atom is 0.258 e. The highest BCUT2D eigenvalue weighted by Gasteiger charge is 2.47. The lowest BCUT2D eigenvalue weighted by molar-refractivity contribution is -0.125. The molecular weight excluding hydrogens is 516 g/mol. The number of halogens is 2. The molecule has 0 radical (unpaired) electrons. The molecule has 0 spiro atoms. The lowest BCUT2D eigenvalue weighted by atomic mass is 9.90. The highest BCUT2D eigenvalue weighted by molar-refractivity contribution is 5.93. The summed E-state index contributed by atoms with van der Waals surface area (Å²) in [5.74, 6) is -2.54. The molecule has 2 atom stereocenters. The summed E-state index contributed by atoms with van der Waals surface area (Å²) in [7, 11) is 0. The van der Waals surface area contributed by atoms with Crippen LogP contribution in [-0.2, 0) is 11.4 Å². The van der Waals surface area contributed by atoms with Crippen LogP contribution >= 0.6 is 0 Å². The minimum atomic E-state index is -2.97. The second-order valence-corrected chi connectivity index (χ2v) is 9.91. The number of ether oxygens (including phenoxy) is 2. The summed E-state index contributed by atoms with van der Waals surface area (Å²) < 4.78 is 41.1. The van der Waals surface area contributed by atoms with Crippen molar-refractivity contribution in [2.75, 3.05) is 25.0 Å². The van der Waals surface area contributed by atoms with Gasteiger partial charge in [0.2, 0.25) is 11.8 Å². The van der Waals surface area contributed by atoms with Crippen LogP contribution < -0.4 is 14.8 Å². The molecule has 2 unspecified atom stereocenters. The number of nitrogens with one attached hydrogen (secondary N) is 1. The molecule has 8 nitrogen and oxygen atoms in total. The first kappa shape index (κ1) is 29.3. The van der Waals surface area contributed by atoms with Crippen LogP contribution in [0.4, 0.5) is 14.6 Å². The van der Waals surface area contributed by atoms with Crippen LogP contribution in [0.15, 0.2) is 61.1 Å². The molecule has 2 aliphatic rings. The number of likely N-dealkylation sites (tertiary alicyclic amines) is 1. The number of benzene rings is 1. The van der Waals surface area contributed by atoms with Crippen molar-refractivity contribution < 1.29 is 23.0 Å². The van der Waals surface area contributed by atoms with Crippen molar-refractivity contribution >= 4 is 11.7 Å². The molecule has 214 valence electrons. The van der Waals surface area contributed by atoms with E-state index in [1.165, 1.54) is 25.2 Å². The fraction of sp³-hybridized carbons (Fsp3) is 0.467. The predicted octanol–water partition coefficient (Wildman–Crippen LogP) is 5.72. The Morgan fingerprint density at radius 2 is 1.82 bits per heavy atom. The van der Waals surface area contributed by atoms with Crippen molar-refractivity contribution in [2.24, 2.45) is 5.92 Å². The molecule has 10 heteroatoms. The number of piperidine rings is 1. The third-order valence-corrected chi connectivity index (χ3v) is 6.99. The van der Waals surface area contributed by atoms with E-state index in [0.29, 0.717) is 30.7 Å². The largest absolute Gasteiger partial charge is 0.492 e. The van der Waals surface area contributed by atoms with Gasteiger partial charge >= 0.3 is 0 Å². The molecule has 3 heterocycles. The Morgan fingerprint density at radius 1 is 1.05 bits per heavy atom. The molecule has 1 amide bonds. The Morgan fingerprint density at radius 3 is 2.48 bits per heavy atom. The first-order chi connectivity index (χ1) is 19.4. The van der Waals surface area contributed by atoms with Crippen LogP contribution in [0, 0.1) is 5.92 Å². The number of anilines is 1. The number of alkyl halides is 2. The maximum absolute atomic E-state index is 14.9. The van der Waals surface area contributed by atoms with E-state index in [1.807, 2.05) is 44.2 Å². The van der Waals surface area contributed by atoms with E-state index in [0.717, 1.165) is 5.56 Å². The third-order valence-electron chi connectivity index (χ3n) is 6.99. The van der Waals surface area contributed by atoms with Gasteiger partial charge in [-0.2, -0.15) is 0 Å². The van der Waals surface area contributed by atoms with Gasteiger partial charge in [0.25, 0.3) is 5.92 Å². The van der Waals surface area contributed by atoms with E-state index in [2.05, 4.69) is 20.3 Å². The number of carbonyl (C=O) groups is 1. The van der Waals surface area contributed by atoms with Gasteiger partial charge in [-0.25, -0.2) is 18.7 Å². The fourth-order valence-corrected chi connectivity index (χ4v) is 4.33. The number of nitrogens with zero attached hydrogens (tertiary/aromatic N) is 4. The smallest absolute Gasteiger partial charge is 0.258 e. The highest BCUT2D eigenvalue weighted by atomic mass is 19.3. The summed E-state index contributed by atoms with van der Waals surface area (Å²) in [5, 5.41) is 2.77. The number of carbonyl (C=O) groups excluding carboxylic acids is 1. The van der Waals surface area contributed by atoms with Gasteiger partial charge in [0.15, 0.2) is 0 Å². The van der Waals surface area contributed by atoms with E-state index >= 15 is 0 Å². The van der Waals surface area contributed by atoms with Gasteiger partial charge in [0, 0.05) is 19.5 Å². The summed E-state index contributed by atoms with van der Waals surface area (Å²) in [6.07, 6.45) is 6.30. The average molecular weight is 554 g/mol. The van der Waals surface area contributed by atoms with Gasteiger partial charge in [0.1, 0.15) is 18.2 Å². The monoisotopic (exact) mass is 553 g/mol. The number of hydrogen-bond donors (Lipinski definition) is 1. The standard InChI is InChI=1S/C28H31F2N5O3.C2H6/c1-19(27(36)34-25-10-9-22(13-32-25)37-17-21-7-8-21)35-12-11-28(29,30)23(16-35)24-14-33-26(15-31-24)38-18-20-5-3-2-4-6-20;1-2/h2-6,9-10,13-15,19,21,23H,7-8,11-12,16-18H2,1H3,(H,32,34,36);1-2H3. The van der Waals surface area contributed by atoms with Gasteiger partial charge in [-0.1, -0.05) is 44.2 Å². The zero-order valence-electron chi connectivity index (χ0n) is 23.2. The second-order valence-electron chi connectivity index (χ2n) is 9.91. The van der Waals surface area contributed by atoms with E-state index in [1.54, 1.807) is 30.2 Å². The molecule has 3 aromatic rings. The Kier molecular flexibility index (Phi) is 9.98. The zero-order valence-corrected chi connectivity index (χ0v) is 23.2. The predicted molar refractivity (Wildman–Crippen MR) is 149 cm³/mol. The molecular formula is C30H37F2N5O3. The molecule has 1 aliphatic heterocycles. The third kappa shape index (κ3) is 7.94. The van der Waals surface area contributed by atoms with Gasteiger partial charge < -0.3 is 14.8 Å². The van der Waals surface area contributed by atoms with Crippen molar-refractivity contribution in [2.45, 2.75) is 64.5 Å². The highest BCUT2D eigenvalue weighted by Crippen LogP contribution is 2.40. The number of hydrogen-bond acceptors (Lipinski definition) is 7. The van der Waals surface area contributed by atoms with Crippen molar-refractivity contribution in [3.63, 3.8) is 0 Å². The molecule has 1 saturated carbocycles. The maximum atomic E-state index is 14.9. The molecule has 1 aliphatic carbocycles. The molecule has 40 heavy (non-hydrogen) atoms. The normalized spacial score (nSPS) is 19.1. The van der Waals surface area contributed by atoms with Crippen molar-refractivity contribution in [3.8, 4) is 11.6 Å². The summed E-state index contributed by atoms with van der Waals surface area (Å²) in [6.45, 7) is 6.75. The van der Waals surface area contributed by atoms with Crippen molar-refractivity contribution in [1.82, 2.24) is 19.9 Å². The Bertz CT molecular complexity index is 1210. The van der Waals surface area contributed by atoms with Crippen LogP contribution in [0.1, 0.15) is 57.2 Å². The summed E-state index contributed by atoms with van der Waals surface area (Å²) in [5.41, 5.74) is 1.14. The minimum absolute atomic E-state index is 0.0259. The number of pyridine rings is 1. The van der Waals surface area contributed by atoms with Gasteiger partial charge in [-0.05, 0) is 43.4 Å². The van der Waals surface area contributed by atoms with E-state index < -0.39 is 17.9 Å². The summed E-state index contributed by atoms with van der Waals surface area (Å²) in [6, 6.07) is 12.4. The van der Waals surface area contributed by atoms with Crippen molar-refractivity contribution in [1.29, 1.82) is 0 Å². The SMILES string of the molecule is CC.CC(C(=O)Nc1ccc(OCC2CC2)cn1)N1CCC(F)(F)C(c2cnc(OCc3ccccc3)cn2)C1. The molecule has 1 N–H and O–H groups in total. The Labute approximate surface area is 234 Å². The van der Waals surface area contributed by atoms with Gasteiger partial charge in [-0.3, -0.25) is 14.7 Å². The lowest BCUT2D eigenvalue weighted by Crippen LogP contribution is -2.52. The number of amides is 1.